The smallest absolute Gasteiger partial charge is 0.185 e. The van der Waals surface area contributed by atoms with E-state index in [9.17, 15) is 0 Å². The van der Waals surface area contributed by atoms with Crippen molar-refractivity contribution in [1.29, 1.82) is 5.26 Å². The fourth-order valence-corrected chi connectivity index (χ4v) is 5.29. The Balaban J connectivity index is 1.31. The molecular formula is C25H21N7. The SMILES string of the molecule is N#Cc1ccc(-c2cc3n(c2)Cc2cc(N4CC5CNC5C4)ccc2-n2cnnc2-3)cc1. The fraction of sp³-hybridized carbons (Fsp3) is 0.240. The summed E-state index contributed by atoms with van der Waals surface area (Å²) in [6.07, 6.45) is 3.98. The van der Waals surface area contributed by atoms with Gasteiger partial charge in [0, 0.05) is 55.6 Å². The van der Waals surface area contributed by atoms with Crippen molar-refractivity contribution in [2.45, 2.75) is 12.6 Å². The van der Waals surface area contributed by atoms with Crippen molar-refractivity contribution >= 4 is 5.69 Å². The lowest BCUT2D eigenvalue weighted by atomic mass is 9.96. The van der Waals surface area contributed by atoms with Gasteiger partial charge in [-0.25, -0.2) is 0 Å². The molecular weight excluding hydrogens is 398 g/mol. The van der Waals surface area contributed by atoms with Crippen LogP contribution in [-0.4, -0.2) is 45.0 Å². The number of nitriles is 1. The van der Waals surface area contributed by atoms with Gasteiger partial charge in [0.05, 0.1) is 23.0 Å². The molecule has 2 aromatic heterocycles. The molecule has 0 radical (unpaired) electrons. The lowest BCUT2D eigenvalue weighted by molar-refractivity contribution is 0.297. The van der Waals surface area contributed by atoms with E-state index in [2.05, 4.69) is 66.1 Å². The van der Waals surface area contributed by atoms with E-state index < -0.39 is 0 Å². The minimum absolute atomic E-state index is 0.643. The molecule has 0 bridgehead atoms. The van der Waals surface area contributed by atoms with Crippen LogP contribution in [0.4, 0.5) is 5.69 Å². The number of hydrogen-bond acceptors (Lipinski definition) is 5. The maximum absolute atomic E-state index is 9.10. The van der Waals surface area contributed by atoms with Crippen LogP contribution in [0.2, 0.25) is 0 Å². The molecule has 1 N–H and O–H groups in total. The van der Waals surface area contributed by atoms with Gasteiger partial charge in [0.25, 0.3) is 0 Å². The van der Waals surface area contributed by atoms with Gasteiger partial charge in [0.2, 0.25) is 0 Å². The first kappa shape index (κ1) is 17.8. The minimum atomic E-state index is 0.643. The second-order valence-corrected chi connectivity index (χ2v) is 8.95. The Bertz CT molecular complexity index is 1380. The number of hydrogen-bond donors (Lipinski definition) is 1. The highest BCUT2D eigenvalue weighted by Gasteiger charge is 2.39. The first-order valence-electron chi connectivity index (χ1n) is 11.0. The van der Waals surface area contributed by atoms with Crippen LogP contribution in [0.1, 0.15) is 11.1 Å². The van der Waals surface area contributed by atoms with E-state index in [0.29, 0.717) is 11.6 Å². The van der Waals surface area contributed by atoms with Crippen LogP contribution in [-0.2, 0) is 6.54 Å². The van der Waals surface area contributed by atoms with Crippen LogP contribution in [0.3, 0.4) is 0 Å². The quantitative estimate of drug-likeness (QED) is 0.476. The van der Waals surface area contributed by atoms with Gasteiger partial charge in [0.1, 0.15) is 6.33 Å². The summed E-state index contributed by atoms with van der Waals surface area (Å²) in [6, 6.07) is 19.5. The number of rotatable bonds is 2. The van der Waals surface area contributed by atoms with E-state index in [1.165, 1.54) is 11.3 Å². The van der Waals surface area contributed by atoms with Crippen LogP contribution in [0, 0.1) is 17.2 Å². The summed E-state index contributed by atoms with van der Waals surface area (Å²) in [5, 5.41) is 21.3. The number of nitrogens with zero attached hydrogens (tertiary/aromatic N) is 6. The normalized spacial score (nSPS) is 20.4. The van der Waals surface area contributed by atoms with E-state index in [0.717, 1.165) is 60.4 Å². The maximum Gasteiger partial charge on any atom is 0.185 e. The van der Waals surface area contributed by atoms with Gasteiger partial charge in [0.15, 0.2) is 5.82 Å². The van der Waals surface area contributed by atoms with Crippen molar-refractivity contribution in [2.24, 2.45) is 5.92 Å². The van der Waals surface area contributed by atoms with E-state index in [1.54, 1.807) is 6.33 Å². The molecule has 2 unspecified atom stereocenters. The van der Waals surface area contributed by atoms with Gasteiger partial charge < -0.3 is 14.8 Å². The average Bonchev–Trinajstić information content (AvgIpc) is 3.50. The van der Waals surface area contributed by atoms with Crippen LogP contribution in [0.5, 0.6) is 0 Å². The standard InChI is InChI=1S/C25H21N7/c26-9-16-1-3-17(4-2-16)18-8-24-25-29-28-15-32(25)23-6-5-21(7-19(23)12-31(24)11-18)30-13-20-10-27-22(20)14-30/h1-8,11,15,20,22,27H,10,12-14H2. The van der Waals surface area contributed by atoms with Crippen molar-refractivity contribution in [3.8, 4) is 34.4 Å². The topological polar surface area (TPSA) is 74.7 Å². The van der Waals surface area contributed by atoms with E-state index in [1.807, 2.05) is 24.3 Å². The van der Waals surface area contributed by atoms with Crippen molar-refractivity contribution in [1.82, 2.24) is 24.6 Å². The van der Waals surface area contributed by atoms with Crippen molar-refractivity contribution in [2.75, 3.05) is 24.5 Å². The molecule has 0 spiro atoms. The van der Waals surface area contributed by atoms with Crippen LogP contribution in [0.25, 0.3) is 28.3 Å². The number of fused-ring (bicyclic) bond motifs is 6. The first-order valence-corrected chi connectivity index (χ1v) is 11.0. The molecule has 2 fully saturated rings. The Morgan fingerprint density at radius 1 is 1.03 bits per heavy atom. The third-order valence-corrected chi connectivity index (χ3v) is 7.13. The monoisotopic (exact) mass is 419 g/mol. The molecule has 3 aliphatic heterocycles. The highest BCUT2D eigenvalue weighted by Crippen LogP contribution is 2.36. The fourth-order valence-electron chi connectivity index (χ4n) is 5.29. The molecule has 7 rings (SSSR count). The zero-order valence-corrected chi connectivity index (χ0v) is 17.4. The average molecular weight is 419 g/mol. The van der Waals surface area contributed by atoms with E-state index in [4.69, 9.17) is 5.26 Å². The molecule has 5 heterocycles. The summed E-state index contributed by atoms with van der Waals surface area (Å²) >= 11 is 0. The highest BCUT2D eigenvalue weighted by atomic mass is 15.3. The van der Waals surface area contributed by atoms with Crippen molar-refractivity contribution in [3.05, 3.63) is 72.2 Å². The lowest BCUT2D eigenvalue weighted by Gasteiger charge is -2.29. The number of anilines is 1. The lowest BCUT2D eigenvalue weighted by Crippen LogP contribution is -2.51. The first-order chi connectivity index (χ1) is 15.8. The van der Waals surface area contributed by atoms with Crippen molar-refractivity contribution in [3.63, 3.8) is 0 Å². The van der Waals surface area contributed by atoms with Gasteiger partial charge in [-0.05, 0) is 47.5 Å². The van der Waals surface area contributed by atoms with E-state index >= 15 is 0 Å². The molecule has 2 saturated heterocycles. The van der Waals surface area contributed by atoms with Gasteiger partial charge in [-0.3, -0.25) is 4.57 Å². The summed E-state index contributed by atoms with van der Waals surface area (Å²) < 4.78 is 4.36. The third kappa shape index (κ3) is 2.57. The molecule has 7 nitrogen and oxygen atoms in total. The molecule has 0 saturated carbocycles. The van der Waals surface area contributed by atoms with Gasteiger partial charge in [-0.1, -0.05) is 12.1 Å². The summed E-state index contributed by atoms with van der Waals surface area (Å²) in [5.74, 6) is 1.63. The molecule has 4 aromatic rings. The summed E-state index contributed by atoms with van der Waals surface area (Å²) in [4.78, 5) is 2.51. The Morgan fingerprint density at radius 3 is 2.69 bits per heavy atom. The minimum Gasteiger partial charge on any atom is -0.370 e. The zero-order valence-electron chi connectivity index (χ0n) is 17.4. The van der Waals surface area contributed by atoms with Gasteiger partial charge >= 0.3 is 0 Å². The zero-order chi connectivity index (χ0) is 21.2. The second kappa shape index (κ2) is 6.55. The second-order valence-electron chi connectivity index (χ2n) is 8.95. The highest BCUT2D eigenvalue weighted by molar-refractivity contribution is 5.72. The summed E-state index contributed by atoms with van der Waals surface area (Å²) in [5.41, 5.74) is 7.60. The Labute approximate surface area is 185 Å². The Hall–Kier alpha value is -3.89. The molecule has 156 valence electrons. The van der Waals surface area contributed by atoms with Crippen LogP contribution in [0.15, 0.2) is 61.1 Å². The molecule has 0 aliphatic carbocycles. The van der Waals surface area contributed by atoms with Crippen LogP contribution < -0.4 is 10.2 Å². The molecule has 32 heavy (non-hydrogen) atoms. The molecule has 2 aromatic carbocycles. The Morgan fingerprint density at radius 2 is 1.94 bits per heavy atom. The summed E-state index contributed by atoms with van der Waals surface area (Å²) in [7, 11) is 0. The molecule has 3 aliphatic rings. The number of aromatic nitrogens is 4. The predicted octanol–water partition coefficient (Wildman–Crippen LogP) is 3.04. The maximum atomic E-state index is 9.10. The number of nitrogens with one attached hydrogen (secondary N) is 1. The molecule has 7 heteroatoms. The van der Waals surface area contributed by atoms with Crippen LogP contribution >= 0.6 is 0 Å². The molecule has 2 atom stereocenters. The van der Waals surface area contributed by atoms with Crippen molar-refractivity contribution < 1.29 is 0 Å². The third-order valence-electron chi connectivity index (χ3n) is 7.13. The molecule has 0 amide bonds. The van der Waals surface area contributed by atoms with Gasteiger partial charge in [-0.2, -0.15) is 5.26 Å². The number of benzene rings is 2. The van der Waals surface area contributed by atoms with E-state index in [-0.39, 0.29) is 0 Å². The predicted molar refractivity (Wildman–Crippen MR) is 122 cm³/mol. The van der Waals surface area contributed by atoms with Gasteiger partial charge in [-0.15, -0.1) is 10.2 Å². The Kier molecular flexibility index (Phi) is 3.64. The summed E-state index contributed by atoms with van der Waals surface area (Å²) in [6.45, 7) is 4.13. The largest absolute Gasteiger partial charge is 0.370 e.